The maximum atomic E-state index is 14.3. The van der Waals surface area contributed by atoms with E-state index >= 15 is 0 Å². The van der Waals surface area contributed by atoms with Crippen LogP contribution in [-0.2, 0) is 12.8 Å². The van der Waals surface area contributed by atoms with Crippen LogP contribution in [0.15, 0.2) is 34.7 Å². The van der Waals surface area contributed by atoms with Gasteiger partial charge >= 0.3 is 0 Å². The molecule has 21 heavy (non-hydrogen) atoms. The normalized spacial score (nSPS) is 18.4. The zero-order valence-corrected chi connectivity index (χ0v) is 13.8. The second kappa shape index (κ2) is 6.31. The van der Waals surface area contributed by atoms with Gasteiger partial charge in [0.2, 0.25) is 0 Å². The number of thiophene rings is 1. The molecule has 0 atom stereocenters. The summed E-state index contributed by atoms with van der Waals surface area (Å²) >= 11 is 1.90. The molecule has 2 heteroatoms. The number of allylic oxidation sites excluding steroid dienone is 5. The molecule has 112 valence electrons. The molecule has 0 aliphatic heterocycles. The van der Waals surface area contributed by atoms with E-state index < -0.39 is 0 Å². The average molecular weight is 302 g/mol. The van der Waals surface area contributed by atoms with Crippen LogP contribution in [0.1, 0.15) is 61.3 Å². The molecule has 0 N–H and O–H groups in total. The molecule has 0 amide bonds. The maximum Gasteiger partial charge on any atom is 0.126 e. The van der Waals surface area contributed by atoms with Gasteiger partial charge in [0.1, 0.15) is 5.83 Å². The van der Waals surface area contributed by atoms with Gasteiger partial charge in [0.25, 0.3) is 0 Å². The molecule has 0 fully saturated rings. The third-order valence-electron chi connectivity index (χ3n) is 4.52. The van der Waals surface area contributed by atoms with Crippen LogP contribution in [0.5, 0.6) is 0 Å². The second-order valence-electron chi connectivity index (χ2n) is 6.00. The highest BCUT2D eigenvalue weighted by atomic mass is 32.1. The third kappa shape index (κ3) is 3.06. The van der Waals surface area contributed by atoms with E-state index in [-0.39, 0.29) is 5.83 Å². The van der Waals surface area contributed by atoms with E-state index in [9.17, 15) is 4.39 Å². The molecule has 0 saturated heterocycles. The molecule has 0 spiro atoms. The first-order chi connectivity index (χ1) is 10.2. The van der Waals surface area contributed by atoms with Crippen molar-refractivity contribution < 1.29 is 4.39 Å². The lowest BCUT2D eigenvalue weighted by atomic mass is 9.86. The summed E-state index contributed by atoms with van der Waals surface area (Å²) in [6, 6.07) is 2.36. The standard InChI is InChI=1S/C19H23FS/c1-3-5-16-11-15-8-7-14(12-19(15)21-16)17-9-6-13(4-2)10-18(17)20/h10-12H,3-9H2,1-2H3. The zero-order valence-electron chi connectivity index (χ0n) is 13.0. The van der Waals surface area contributed by atoms with Crippen LogP contribution < -0.4 is 0 Å². The van der Waals surface area contributed by atoms with Gasteiger partial charge in [0.15, 0.2) is 0 Å². The Morgan fingerprint density at radius 3 is 2.67 bits per heavy atom. The first kappa shape index (κ1) is 14.8. The Labute approximate surface area is 131 Å². The Hall–Kier alpha value is -1.15. The lowest BCUT2D eigenvalue weighted by Gasteiger charge is -2.20. The van der Waals surface area contributed by atoms with Gasteiger partial charge in [-0.3, -0.25) is 0 Å². The van der Waals surface area contributed by atoms with Crippen LogP contribution in [0.2, 0.25) is 0 Å². The molecule has 0 aromatic carbocycles. The summed E-state index contributed by atoms with van der Waals surface area (Å²) < 4.78 is 14.3. The number of aryl methyl sites for hydroxylation is 2. The largest absolute Gasteiger partial charge is 0.207 e. The minimum Gasteiger partial charge on any atom is -0.207 e. The molecule has 2 aliphatic rings. The molecule has 3 rings (SSSR count). The van der Waals surface area contributed by atoms with E-state index in [0.29, 0.717) is 0 Å². The Morgan fingerprint density at radius 1 is 1.10 bits per heavy atom. The first-order valence-electron chi connectivity index (χ1n) is 8.11. The highest BCUT2D eigenvalue weighted by molar-refractivity contribution is 7.13. The number of hydrogen-bond donors (Lipinski definition) is 0. The van der Waals surface area contributed by atoms with E-state index in [0.717, 1.165) is 37.7 Å². The van der Waals surface area contributed by atoms with Gasteiger partial charge in [0, 0.05) is 9.75 Å². The predicted octanol–water partition coefficient (Wildman–Crippen LogP) is 6.38. The van der Waals surface area contributed by atoms with Crippen LogP contribution >= 0.6 is 11.3 Å². The van der Waals surface area contributed by atoms with E-state index in [1.54, 1.807) is 6.08 Å². The van der Waals surface area contributed by atoms with Gasteiger partial charge < -0.3 is 0 Å². The maximum absolute atomic E-state index is 14.3. The van der Waals surface area contributed by atoms with Crippen molar-refractivity contribution in [2.75, 3.05) is 0 Å². The van der Waals surface area contributed by atoms with E-state index in [1.807, 2.05) is 11.3 Å². The highest BCUT2D eigenvalue weighted by Crippen LogP contribution is 2.39. The molecule has 0 unspecified atom stereocenters. The fourth-order valence-electron chi connectivity index (χ4n) is 3.26. The number of hydrogen-bond acceptors (Lipinski definition) is 1. The average Bonchev–Trinajstić information content (AvgIpc) is 2.88. The minimum absolute atomic E-state index is 0.0122. The molecule has 1 aromatic rings. The van der Waals surface area contributed by atoms with E-state index in [1.165, 1.54) is 39.3 Å². The van der Waals surface area contributed by atoms with Crippen LogP contribution in [0, 0.1) is 0 Å². The highest BCUT2D eigenvalue weighted by Gasteiger charge is 2.20. The van der Waals surface area contributed by atoms with Gasteiger partial charge in [-0.05, 0) is 73.5 Å². The summed E-state index contributed by atoms with van der Waals surface area (Å²) in [6.07, 6.45) is 11.3. The number of rotatable bonds is 4. The van der Waals surface area contributed by atoms with Crippen molar-refractivity contribution in [1.82, 2.24) is 0 Å². The van der Waals surface area contributed by atoms with Crippen LogP contribution in [0.3, 0.4) is 0 Å². The number of fused-ring (bicyclic) bond motifs is 1. The van der Waals surface area contributed by atoms with Gasteiger partial charge in [0.05, 0.1) is 0 Å². The summed E-state index contributed by atoms with van der Waals surface area (Å²) in [5.74, 6) is 0.0122. The molecular formula is C19H23FS. The lowest BCUT2D eigenvalue weighted by Crippen LogP contribution is -2.04. The van der Waals surface area contributed by atoms with Crippen molar-refractivity contribution in [2.24, 2.45) is 0 Å². The van der Waals surface area contributed by atoms with Crippen molar-refractivity contribution in [3.05, 3.63) is 50.0 Å². The van der Waals surface area contributed by atoms with Crippen LogP contribution in [0.4, 0.5) is 4.39 Å². The Morgan fingerprint density at radius 2 is 1.95 bits per heavy atom. The van der Waals surface area contributed by atoms with Gasteiger partial charge in [-0.25, -0.2) is 4.39 Å². The van der Waals surface area contributed by atoms with Gasteiger partial charge in [-0.15, -0.1) is 11.3 Å². The van der Waals surface area contributed by atoms with Gasteiger partial charge in [-0.2, -0.15) is 0 Å². The molecule has 0 radical (unpaired) electrons. The minimum atomic E-state index is 0.0122. The fraction of sp³-hybridized carbons (Fsp3) is 0.474. The van der Waals surface area contributed by atoms with Crippen LogP contribution in [0.25, 0.3) is 6.08 Å². The van der Waals surface area contributed by atoms with Gasteiger partial charge in [-0.1, -0.05) is 25.8 Å². The quantitative estimate of drug-likeness (QED) is 0.605. The van der Waals surface area contributed by atoms with Crippen molar-refractivity contribution >= 4 is 17.4 Å². The Bertz CT molecular complexity index is 628. The molecule has 1 heterocycles. The molecule has 0 nitrogen and oxygen atoms in total. The Balaban J connectivity index is 1.90. The zero-order chi connectivity index (χ0) is 14.8. The smallest absolute Gasteiger partial charge is 0.126 e. The number of halogens is 1. The predicted molar refractivity (Wildman–Crippen MR) is 90.4 cm³/mol. The second-order valence-corrected chi connectivity index (χ2v) is 7.17. The first-order valence-corrected chi connectivity index (χ1v) is 8.93. The van der Waals surface area contributed by atoms with Crippen molar-refractivity contribution in [2.45, 2.75) is 58.8 Å². The summed E-state index contributed by atoms with van der Waals surface area (Å²) in [6.45, 7) is 4.33. The van der Waals surface area contributed by atoms with E-state index in [4.69, 9.17) is 0 Å². The summed E-state index contributed by atoms with van der Waals surface area (Å²) in [5, 5.41) is 0. The molecule has 0 bridgehead atoms. The monoisotopic (exact) mass is 302 g/mol. The molecule has 1 aromatic heterocycles. The third-order valence-corrected chi connectivity index (χ3v) is 5.70. The SMILES string of the molecule is CCCc1cc2c(s1)C=C(C1=C(F)C=C(CC)CC1)CC2. The van der Waals surface area contributed by atoms with Crippen molar-refractivity contribution in [1.29, 1.82) is 0 Å². The summed E-state index contributed by atoms with van der Waals surface area (Å²) in [4.78, 5) is 2.84. The topological polar surface area (TPSA) is 0 Å². The fourth-order valence-corrected chi connectivity index (χ4v) is 4.55. The van der Waals surface area contributed by atoms with Crippen molar-refractivity contribution in [3.8, 4) is 0 Å². The summed E-state index contributed by atoms with van der Waals surface area (Å²) in [5.41, 5.74) is 4.91. The molecule has 2 aliphatic carbocycles. The van der Waals surface area contributed by atoms with Crippen LogP contribution in [-0.4, -0.2) is 0 Å². The van der Waals surface area contributed by atoms with Crippen molar-refractivity contribution in [3.63, 3.8) is 0 Å². The molecule has 0 saturated carbocycles. The van der Waals surface area contributed by atoms with E-state index in [2.05, 4.69) is 26.0 Å². The summed E-state index contributed by atoms with van der Waals surface area (Å²) in [7, 11) is 0. The lowest BCUT2D eigenvalue weighted by molar-refractivity contribution is 0.626. The molecular weight excluding hydrogens is 279 g/mol. The Kier molecular flexibility index (Phi) is 4.44.